The highest BCUT2D eigenvalue weighted by Gasteiger charge is 2.31. The fourth-order valence-electron chi connectivity index (χ4n) is 2.27. The van der Waals surface area contributed by atoms with Crippen LogP contribution in [0.25, 0.3) is 0 Å². The van der Waals surface area contributed by atoms with Crippen molar-refractivity contribution in [2.24, 2.45) is 0 Å². The summed E-state index contributed by atoms with van der Waals surface area (Å²) in [4.78, 5) is 4.48. The number of aryl methyl sites for hydroxylation is 1. The predicted octanol–water partition coefficient (Wildman–Crippen LogP) is 2.89. The average Bonchev–Trinajstić information content (AvgIpc) is 2.73. The second kappa shape index (κ2) is 5.46. The molecule has 2 atom stereocenters. The zero-order valence-electron chi connectivity index (χ0n) is 11.0. The number of rotatable bonds is 4. The van der Waals surface area contributed by atoms with Crippen LogP contribution in [0.4, 0.5) is 0 Å². The van der Waals surface area contributed by atoms with E-state index >= 15 is 0 Å². The zero-order valence-corrected chi connectivity index (χ0v) is 11.8. The lowest BCUT2D eigenvalue weighted by Gasteiger charge is -2.38. The summed E-state index contributed by atoms with van der Waals surface area (Å²) in [6.07, 6.45) is 3.30. The van der Waals surface area contributed by atoms with Crippen molar-refractivity contribution in [3.05, 3.63) is 16.1 Å². The maximum Gasteiger partial charge on any atom is 0.107 e. The van der Waals surface area contributed by atoms with Crippen LogP contribution in [0.1, 0.15) is 43.8 Å². The molecular weight excluding hydrogens is 232 g/mol. The van der Waals surface area contributed by atoms with Crippen LogP contribution in [0.3, 0.4) is 0 Å². The molecule has 96 valence electrons. The standard InChI is InChI=1S/C13H22N2OS/c1-4-13(3)7-11(5-6-16-13)14-8-12-15-10(2)9-17-12/h9,11,14H,4-8H2,1-3H3. The first-order valence-corrected chi connectivity index (χ1v) is 7.27. The summed E-state index contributed by atoms with van der Waals surface area (Å²) in [6, 6.07) is 0.568. The van der Waals surface area contributed by atoms with E-state index in [1.165, 1.54) is 5.01 Å². The number of aromatic nitrogens is 1. The third-order valence-electron chi connectivity index (χ3n) is 3.55. The number of nitrogens with zero attached hydrogens (tertiary/aromatic N) is 1. The Hall–Kier alpha value is -0.450. The van der Waals surface area contributed by atoms with Crippen molar-refractivity contribution < 1.29 is 4.74 Å². The average molecular weight is 254 g/mol. The molecule has 2 rings (SSSR count). The number of hydrogen-bond acceptors (Lipinski definition) is 4. The van der Waals surface area contributed by atoms with E-state index in [1.807, 2.05) is 6.92 Å². The summed E-state index contributed by atoms with van der Waals surface area (Å²) < 4.78 is 5.85. The number of hydrogen-bond donors (Lipinski definition) is 1. The van der Waals surface area contributed by atoms with Crippen molar-refractivity contribution in [2.45, 2.75) is 58.2 Å². The Bertz CT molecular complexity index is 366. The highest BCUT2D eigenvalue weighted by atomic mass is 32.1. The lowest BCUT2D eigenvalue weighted by atomic mass is 9.90. The minimum absolute atomic E-state index is 0.0642. The van der Waals surface area contributed by atoms with E-state index in [0.717, 1.165) is 38.1 Å². The molecule has 0 amide bonds. The number of nitrogens with one attached hydrogen (secondary N) is 1. The number of thiazole rings is 1. The molecule has 2 unspecified atom stereocenters. The maximum absolute atomic E-state index is 5.85. The summed E-state index contributed by atoms with van der Waals surface area (Å²) in [5, 5.41) is 6.90. The molecule has 1 aliphatic rings. The van der Waals surface area contributed by atoms with Crippen LogP contribution < -0.4 is 5.32 Å². The van der Waals surface area contributed by atoms with Gasteiger partial charge in [-0.2, -0.15) is 0 Å². The third kappa shape index (κ3) is 3.50. The van der Waals surface area contributed by atoms with Crippen molar-refractivity contribution in [1.29, 1.82) is 0 Å². The van der Waals surface area contributed by atoms with Crippen molar-refractivity contribution in [2.75, 3.05) is 6.61 Å². The first-order valence-electron chi connectivity index (χ1n) is 6.40. The van der Waals surface area contributed by atoms with Gasteiger partial charge < -0.3 is 10.1 Å². The molecule has 1 aromatic heterocycles. The van der Waals surface area contributed by atoms with Gasteiger partial charge in [-0.1, -0.05) is 6.92 Å². The molecule has 1 saturated heterocycles. The SMILES string of the molecule is CCC1(C)CC(NCc2nc(C)cs2)CCO1. The summed E-state index contributed by atoms with van der Waals surface area (Å²) in [7, 11) is 0. The van der Waals surface area contributed by atoms with Crippen molar-refractivity contribution in [3.8, 4) is 0 Å². The molecule has 0 radical (unpaired) electrons. The molecule has 4 heteroatoms. The van der Waals surface area contributed by atoms with Crippen LogP contribution in [0.2, 0.25) is 0 Å². The van der Waals surface area contributed by atoms with E-state index in [2.05, 4.69) is 29.5 Å². The molecule has 0 bridgehead atoms. The second-order valence-corrected chi connectivity index (χ2v) is 6.05. The molecule has 1 aliphatic heterocycles. The lowest BCUT2D eigenvalue weighted by Crippen LogP contribution is -2.44. The van der Waals surface area contributed by atoms with E-state index in [1.54, 1.807) is 11.3 Å². The van der Waals surface area contributed by atoms with Crippen LogP contribution >= 0.6 is 11.3 Å². The Kier molecular flexibility index (Phi) is 4.17. The molecule has 0 aromatic carbocycles. The quantitative estimate of drug-likeness (QED) is 0.897. The van der Waals surface area contributed by atoms with Crippen LogP contribution in [0.5, 0.6) is 0 Å². The number of ether oxygens (including phenoxy) is 1. The summed E-state index contributed by atoms with van der Waals surface area (Å²) in [6.45, 7) is 8.23. The van der Waals surface area contributed by atoms with Crippen LogP contribution in [0.15, 0.2) is 5.38 Å². The first kappa shape index (κ1) is 13.0. The van der Waals surface area contributed by atoms with Gasteiger partial charge in [-0.3, -0.25) is 0 Å². The van der Waals surface area contributed by atoms with Crippen LogP contribution in [0, 0.1) is 6.92 Å². The van der Waals surface area contributed by atoms with Crippen molar-refractivity contribution in [3.63, 3.8) is 0 Å². The maximum atomic E-state index is 5.85. The molecule has 1 fully saturated rings. The zero-order chi connectivity index (χ0) is 12.3. The molecule has 3 nitrogen and oxygen atoms in total. The summed E-state index contributed by atoms with van der Waals surface area (Å²) in [5.74, 6) is 0. The normalized spacial score (nSPS) is 29.5. The minimum atomic E-state index is 0.0642. The smallest absolute Gasteiger partial charge is 0.107 e. The van der Waals surface area contributed by atoms with E-state index < -0.39 is 0 Å². The van der Waals surface area contributed by atoms with E-state index in [4.69, 9.17) is 4.74 Å². The van der Waals surface area contributed by atoms with Crippen molar-refractivity contribution in [1.82, 2.24) is 10.3 Å². The van der Waals surface area contributed by atoms with Gasteiger partial charge in [-0.15, -0.1) is 11.3 Å². The summed E-state index contributed by atoms with van der Waals surface area (Å²) >= 11 is 1.74. The van der Waals surface area contributed by atoms with E-state index in [-0.39, 0.29) is 5.60 Å². The predicted molar refractivity (Wildman–Crippen MR) is 71.4 cm³/mol. The molecule has 0 saturated carbocycles. The van der Waals surface area contributed by atoms with Gasteiger partial charge >= 0.3 is 0 Å². The van der Waals surface area contributed by atoms with E-state index in [0.29, 0.717) is 6.04 Å². The van der Waals surface area contributed by atoms with Crippen LogP contribution in [-0.2, 0) is 11.3 Å². The summed E-state index contributed by atoms with van der Waals surface area (Å²) in [5.41, 5.74) is 1.19. The first-order chi connectivity index (χ1) is 8.11. The second-order valence-electron chi connectivity index (χ2n) is 5.11. The van der Waals surface area contributed by atoms with Gasteiger partial charge in [-0.25, -0.2) is 4.98 Å². The molecular formula is C13H22N2OS. The monoisotopic (exact) mass is 254 g/mol. The van der Waals surface area contributed by atoms with Gasteiger partial charge in [-0.05, 0) is 33.1 Å². The third-order valence-corrected chi connectivity index (χ3v) is 4.52. The molecule has 0 aliphatic carbocycles. The van der Waals surface area contributed by atoms with Gasteiger partial charge in [0.2, 0.25) is 0 Å². The highest BCUT2D eigenvalue weighted by molar-refractivity contribution is 7.09. The van der Waals surface area contributed by atoms with E-state index in [9.17, 15) is 0 Å². The largest absolute Gasteiger partial charge is 0.375 e. The Labute approximate surface area is 108 Å². The van der Waals surface area contributed by atoms with Gasteiger partial charge in [0, 0.05) is 30.3 Å². The Morgan fingerprint density at radius 2 is 2.47 bits per heavy atom. The van der Waals surface area contributed by atoms with Gasteiger partial charge in [0.1, 0.15) is 5.01 Å². The van der Waals surface area contributed by atoms with Gasteiger partial charge in [0.25, 0.3) is 0 Å². The minimum Gasteiger partial charge on any atom is -0.375 e. The Balaban J connectivity index is 1.83. The fourth-order valence-corrected chi connectivity index (χ4v) is 2.99. The topological polar surface area (TPSA) is 34.2 Å². The van der Waals surface area contributed by atoms with Crippen molar-refractivity contribution >= 4 is 11.3 Å². The Morgan fingerprint density at radius 3 is 3.12 bits per heavy atom. The van der Waals surface area contributed by atoms with Crippen LogP contribution in [-0.4, -0.2) is 23.2 Å². The molecule has 0 spiro atoms. The molecule has 1 N–H and O–H groups in total. The van der Waals surface area contributed by atoms with Gasteiger partial charge in [0.05, 0.1) is 5.60 Å². The molecule has 2 heterocycles. The molecule has 17 heavy (non-hydrogen) atoms. The Morgan fingerprint density at radius 1 is 1.65 bits per heavy atom. The van der Waals surface area contributed by atoms with Gasteiger partial charge in [0.15, 0.2) is 0 Å². The fraction of sp³-hybridized carbons (Fsp3) is 0.769. The lowest BCUT2D eigenvalue weighted by molar-refractivity contribution is -0.0781. The highest BCUT2D eigenvalue weighted by Crippen LogP contribution is 2.27. The molecule has 1 aromatic rings.